The second kappa shape index (κ2) is 22.7. The first-order valence-corrected chi connectivity index (χ1v) is 37.3. The monoisotopic (exact) mass is 1430 g/mol. The average Bonchev–Trinajstić information content (AvgIpc) is 1.59. The molecule has 21 aromatic rings. The number of benzene rings is 1. The van der Waals surface area contributed by atoms with Crippen molar-refractivity contribution in [2.24, 2.45) is 14.0 Å². The number of oxazole rings is 1. The fraction of sp³-hybridized carbons (Fsp3) is 0.0897. The Kier molecular flexibility index (Phi) is 12.3. The summed E-state index contributed by atoms with van der Waals surface area (Å²) in [7, 11) is 2.12. The van der Waals surface area contributed by atoms with E-state index in [9.17, 15) is 0 Å². The van der Waals surface area contributed by atoms with Crippen LogP contribution in [0.3, 0.4) is 0 Å². The molecule has 5 aliphatic rings. The van der Waals surface area contributed by atoms with Crippen LogP contribution in [0.25, 0.3) is 166 Å². The highest BCUT2D eigenvalue weighted by atomic mass is 32.2. The molecular weight excluding hydrogens is 1380 g/mol. The van der Waals surface area contributed by atoms with Gasteiger partial charge in [0, 0.05) is 121 Å². The molecule has 0 N–H and O–H groups in total. The Morgan fingerprint density at radius 3 is 1.55 bits per heavy atom. The third kappa shape index (κ3) is 8.73. The minimum atomic E-state index is -2.35. The van der Waals surface area contributed by atoms with Crippen LogP contribution in [0.1, 0.15) is 31.9 Å². The highest BCUT2D eigenvalue weighted by molar-refractivity contribution is 7.42. The molecule has 25 heterocycles. The molecule has 0 bridgehead atoms. The van der Waals surface area contributed by atoms with Crippen molar-refractivity contribution < 1.29 is 35.8 Å². The number of nitrogens with zero attached hydrogens (tertiary/aromatic N) is 18. The van der Waals surface area contributed by atoms with Crippen LogP contribution in [0.4, 0.5) is 0 Å². The Morgan fingerprint density at radius 1 is 0.388 bits per heavy atom. The molecule has 5 aliphatic heterocycles. The van der Waals surface area contributed by atoms with E-state index in [1.807, 2.05) is 161 Å². The van der Waals surface area contributed by atoms with E-state index in [1.54, 1.807) is 42.1 Å². The molecule has 490 valence electrons. The summed E-state index contributed by atoms with van der Waals surface area (Å²) in [6, 6.07) is 42.7. The number of pyridine rings is 10. The van der Waals surface area contributed by atoms with Gasteiger partial charge in [0.05, 0.1) is 60.5 Å². The van der Waals surface area contributed by atoms with Gasteiger partial charge in [0.15, 0.2) is 80.4 Å². The van der Waals surface area contributed by atoms with Crippen molar-refractivity contribution in [1.29, 1.82) is 0 Å². The molecule has 0 atom stereocenters. The number of para-hydroxylation sites is 1. The average molecular weight is 1440 g/mol. The quantitative estimate of drug-likeness (QED) is 0.142. The normalized spacial score (nSPS) is 13.5. The van der Waals surface area contributed by atoms with Gasteiger partial charge in [0.1, 0.15) is 11.0 Å². The fourth-order valence-corrected chi connectivity index (χ4v) is 21.7. The van der Waals surface area contributed by atoms with Crippen LogP contribution in [-0.4, -0.2) is 63.5 Å². The van der Waals surface area contributed by atoms with E-state index in [2.05, 4.69) is 157 Å². The second-order valence-electron chi connectivity index (χ2n) is 25.4. The molecule has 0 saturated heterocycles. The molecule has 20 aromatic heterocycles. The van der Waals surface area contributed by atoms with E-state index in [0.29, 0.717) is 34.7 Å². The maximum atomic E-state index is 7.84. The highest BCUT2D eigenvalue weighted by Gasteiger charge is 2.42. The number of hydrogen-bond acceptors (Lipinski definition) is 17. The second-order valence-corrected chi connectivity index (χ2v) is 30.7. The summed E-state index contributed by atoms with van der Waals surface area (Å²) >= 11 is 8.99. The summed E-state index contributed by atoms with van der Waals surface area (Å²) in [5.74, 6) is 0.580. The van der Waals surface area contributed by atoms with Crippen LogP contribution in [0.5, 0.6) is 0 Å². The minimum absolute atomic E-state index is 0.310. The molecule has 0 radical (unpaired) electrons. The van der Waals surface area contributed by atoms with Crippen LogP contribution in [0.15, 0.2) is 223 Å². The summed E-state index contributed by atoms with van der Waals surface area (Å²) in [6.45, 7) is 1.83. The molecule has 0 fully saturated rings. The lowest BCUT2D eigenvalue weighted by molar-refractivity contribution is -0.648. The number of aromatic nitrogens is 18. The molecule has 20 nitrogen and oxygen atoms in total. The van der Waals surface area contributed by atoms with Gasteiger partial charge in [-0.1, -0.05) is 18.2 Å². The van der Waals surface area contributed by atoms with Crippen molar-refractivity contribution in [3.05, 3.63) is 242 Å². The number of fused-ring (bicyclic) bond motifs is 35. The maximum absolute atomic E-state index is 7.84. The van der Waals surface area contributed by atoms with Gasteiger partial charge in [-0.2, -0.15) is 18.3 Å². The minimum Gasteiger partial charge on any atom is -0.439 e. The molecule has 103 heavy (non-hydrogen) atoms. The zero-order valence-corrected chi connectivity index (χ0v) is 58.2. The van der Waals surface area contributed by atoms with Crippen molar-refractivity contribution in [3.63, 3.8) is 0 Å². The summed E-state index contributed by atoms with van der Waals surface area (Å²) in [5.41, 5.74) is 23.2. The molecule has 0 saturated carbocycles. The lowest BCUT2D eigenvalue weighted by Gasteiger charge is -2.04. The van der Waals surface area contributed by atoms with Crippen molar-refractivity contribution in [1.82, 2.24) is 63.5 Å². The van der Waals surface area contributed by atoms with E-state index < -0.39 is 6.98 Å². The summed E-state index contributed by atoms with van der Waals surface area (Å²) < 4.78 is 55.2. The Hall–Kier alpha value is -12.1. The van der Waals surface area contributed by atoms with Crippen molar-refractivity contribution >= 4 is 162 Å². The third-order valence-corrected chi connectivity index (χ3v) is 25.8. The van der Waals surface area contributed by atoms with Gasteiger partial charge in [-0.3, -0.25) is 24.5 Å². The largest absolute Gasteiger partial charge is 0.439 e. The SMILES string of the molecule is Cn1c2ccncc2c2c1sc1[n+]2Cc2cccnc2-1.[2H]C([2H])([2H])n1c2cccnc2c2c1oc1[n+]2Cc2cccnc2-1.c1ccc(-n2c3ccncc3c3c2sc2[n+]3Cc3cccnc3-2)cc1.c1cnc2c(c1)C[n+]1c-2sc2oc3ccncc3c21.c1cnc2c(c1)C[n+]1c-2sc2sc3ccncc3c21. The van der Waals surface area contributed by atoms with Crippen LogP contribution < -0.4 is 22.8 Å². The summed E-state index contributed by atoms with van der Waals surface area (Å²) in [4.78, 5) is 47.6. The number of rotatable bonds is 1. The van der Waals surface area contributed by atoms with E-state index in [4.69, 9.17) is 12.9 Å². The summed E-state index contributed by atoms with van der Waals surface area (Å²) in [6.07, 6.45) is 26.0. The highest BCUT2D eigenvalue weighted by Crippen LogP contribution is 2.45. The number of thiazole rings is 4. The van der Waals surface area contributed by atoms with Gasteiger partial charge in [0.25, 0.3) is 52.7 Å². The fourth-order valence-electron chi connectivity index (χ4n) is 15.3. The molecule has 25 heteroatoms. The molecule has 0 spiro atoms. The zero-order chi connectivity index (χ0) is 70.2. The Balaban J connectivity index is 0.0000000830. The molecule has 0 aliphatic carbocycles. The predicted molar refractivity (Wildman–Crippen MR) is 400 cm³/mol. The zero-order valence-electron chi connectivity index (χ0n) is 57.2. The van der Waals surface area contributed by atoms with E-state index in [0.717, 1.165) is 81.6 Å². The van der Waals surface area contributed by atoms with Crippen LogP contribution in [0.2, 0.25) is 0 Å². The Morgan fingerprint density at radius 2 is 0.893 bits per heavy atom. The molecule has 0 amide bonds. The smallest absolute Gasteiger partial charge is 0.402 e. The van der Waals surface area contributed by atoms with Crippen molar-refractivity contribution in [2.45, 2.75) is 32.7 Å². The number of aryl methyl sites for hydroxylation is 2. The van der Waals surface area contributed by atoms with Gasteiger partial charge in [-0.15, -0.1) is 15.9 Å². The predicted octanol–water partition coefficient (Wildman–Crippen LogP) is 14.5. The molecule has 1 aromatic carbocycles. The topological polar surface area (TPSA) is 189 Å². The standard InChI is InChI=1S/C20H13N4S.C15H11N4O.C15H11N4S.C14H8N3OS.C14H8N3S2/c1-2-6-14(7-3-1)24-16-8-10-21-11-15(16)18-20(24)25-19-17-13(12-23(18)19)5-4-9-22-17;1-18-10-5-3-7-17-12(10)13-15(18)20-14-11-9(8-19(13)14)4-2-6-16-11;1-18-11-4-6-16-7-10(11)13-15(18)20-14-12-9(8-19(13)14)3-2-5-17-12;2*1-2-8-7-17-12-9-6-15-5-3-10(9)18-14(12)19-13(17)11(8)16-4-1/h1-11H,12H2;2*2-7H,8H2,1H3;2*1-6H,7H2/q5*+1/i;1D3;;;. The van der Waals surface area contributed by atoms with Gasteiger partial charge in [0.2, 0.25) is 5.52 Å². The lowest BCUT2D eigenvalue weighted by Crippen LogP contribution is -2.30. The molecular formula is C78H51N18O2S5+5. The first-order valence-electron chi connectivity index (χ1n) is 34.7. The van der Waals surface area contributed by atoms with Crippen LogP contribution in [-0.2, 0) is 46.7 Å². The maximum Gasteiger partial charge on any atom is 0.402 e. The summed E-state index contributed by atoms with van der Waals surface area (Å²) in [5, 5.41) is 9.70. The van der Waals surface area contributed by atoms with Gasteiger partial charge < -0.3 is 18.0 Å². The first-order chi connectivity index (χ1) is 52.1. The molecule has 26 rings (SSSR count). The van der Waals surface area contributed by atoms with Crippen molar-refractivity contribution in [2.75, 3.05) is 0 Å². The van der Waals surface area contributed by atoms with Crippen molar-refractivity contribution in [3.8, 4) is 60.1 Å². The van der Waals surface area contributed by atoms with Crippen LogP contribution >= 0.6 is 56.7 Å². The molecule has 0 unspecified atom stereocenters. The number of furan rings is 1. The first kappa shape index (κ1) is 55.6. The Labute approximate surface area is 606 Å². The Bertz CT molecular complexity index is 7100. The third-order valence-electron chi connectivity index (χ3n) is 19.8. The lowest BCUT2D eigenvalue weighted by atomic mass is 10.2. The van der Waals surface area contributed by atoms with Gasteiger partial charge in [-0.25, -0.2) is 29.9 Å². The number of hydrogen-bond donors (Lipinski definition) is 0. The van der Waals surface area contributed by atoms with E-state index in [-0.39, 0.29) is 0 Å². The van der Waals surface area contributed by atoms with E-state index >= 15 is 0 Å². The van der Waals surface area contributed by atoms with E-state index in [1.165, 1.54) is 115 Å². The van der Waals surface area contributed by atoms with Gasteiger partial charge in [-0.05, 0) is 148 Å². The number of thiophene rings is 1. The van der Waals surface area contributed by atoms with Crippen LogP contribution in [0, 0.1) is 0 Å². The van der Waals surface area contributed by atoms with Gasteiger partial charge >= 0.3 is 5.89 Å².